The van der Waals surface area contributed by atoms with Crippen molar-refractivity contribution in [3.8, 4) is 17.4 Å². The van der Waals surface area contributed by atoms with E-state index in [9.17, 15) is 0 Å². The summed E-state index contributed by atoms with van der Waals surface area (Å²) >= 11 is 5.94. The van der Waals surface area contributed by atoms with Gasteiger partial charge in [0.1, 0.15) is 10.8 Å². The third-order valence-corrected chi connectivity index (χ3v) is 2.47. The fraction of sp³-hybridized carbons (Fsp3) is 0.250. The van der Waals surface area contributed by atoms with Crippen molar-refractivity contribution in [3.63, 3.8) is 0 Å². The van der Waals surface area contributed by atoms with Crippen LogP contribution in [0.3, 0.4) is 0 Å². The van der Waals surface area contributed by atoms with Crippen LogP contribution in [0.1, 0.15) is 12.6 Å². The molecule has 0 aromatic carbocycles. The van der Waals surface area contributed by atoms with Crippen LogP contribution in [0.5, 0.6) is 5.88 Å². The summed E-state index contributed by atoms with van der Waals surface area (Å²) < 4.78 is 5.06. The van der Waals surface area contributed by atoms with Gasteiger partial charge < -0.3 is 4.74 Å². The Morgan fingerprint density at radius 1 is 1.24 bits per heavy atom. The summed E-state index contributed by atoms with van der Waals surface area (Å²) in [5, 5.41) is 0.427. The number of pyridine rings is 1. The highest BCUT2D eigenvalue weighted by molar-refractivity contribution is 6.29. The number of aromatic nitrogens is 3. The molecule has 2 aromatic heterocycles. The van der Waals surface area contributed by atoms with Gasteiger partial charge in [0.15, 0.2) is 5.82 Å². The number of halogens is 1. The van der Waals surface area contributed by atoms with Crippen LogP contribution in [0.2, 0.25) is 5.15 Å². The Bertz CT molecular complexity index is 531. The molecule has 0 saturated heterocycles. The van der Waals surface area contributed by atoms with Gasteiger partial charge in [-0.3, -0.25) is 0 Å². The van der Waals surface area contributed by atoms with Crippen LogP contribution in [0.15, 0.2) is 24.3 Å². The van der Waals surface area contributed by atoms with E-state index < -0.39 is 0 Å². The number of hydrogen-bond donors (Lipinski definition) is 0. The molecule has 4 nitrogen and oxygen atoms in total. The molecule has 5 heteroatoms. The fourth-order valence-electron chi connectivity index (χ4n) is 1.41. The molecule has 0 aliphatic carbocycles. The lowest BCUT2D eigenvalue weighted by Crippen LogP contribution is -1.97. The summed E-state index contributed by atoms with van der Waals surface area (Å²) in [5.41, 5.74) is 1.55. The van der Waals surface area contributed by atoms with E-state index in [4.69, 9.17) is 16.3 Å². The van der Waals surface area contributed by atoms with Crippen molar-refractivity contribution in [2.75, 3.05) is 7.11 Å². The van der Waals surface area contributed by atoms with Crippen molar-refractivity contribution in [3.05, 3.63) is 35.1 Å². The van der Waals surface area contributed by atoms with Crippen molar-refractivity contribution >= 4 is 11.6 Å². The first-order valence-corrected chi connectivity index (χ1v) is 5.65. The number of ether oxygens (including phenoxy) is 1. The van der Waals surface area contributed by atoms with Crippen LogP contribution in [0.4, 0.5) is 0 Å². The summed E-state index contributed by atoms with van der Waals surface area (Å²) in [5.74, 6) is 1.05. The van der Waals surface area contributed by atoms with E-state index >= 15 is 0 Å². The second-order valence-electron chi connectivity index (χ2n) is 3.42. The lowest BCUT2D eigenvalue weighted by atomic mass is 10.3. The minimum absolute atomic E-state index is 0.427. The van der Waals surface area contributed by atoms with Gasteiger partial charge >= 0.3 is 0 Å². The lowest BCUT2D eigenvalue weighted by molar-refractivity contribution is 0.398. The van der Waals surface area contributed by atoms with E-state index in [1.54, 1.807) is 19.2 Å². The maximum Gasteiger partial charge on any atom is 0.213 e. The molecular weight excluding hydrogens is 238 g/mol. The predicted octanol–water partition coefficient (Wildman–Crippen LogP) is 2.76. The summed E-state index contributed by atoms with van der Waals surface area (Å²) in [6.07, 6.45) is 0.805. The highest BCUT2D eigenvalue weighted by Crippen LogP contribution is 2.18. The van der Waals surface area contributed by atoms with Crippen LogP contribution in [0.25, 0.3) is 11.5 Å². The van der Waals surface area contributed by atoms with Gasteiger partial charge in [-0.2, -0.15) is 0 Å². The average Bonchev–Trinajstić information content (AvgIpc) is 2.38. The molecule has 88 valence electrons. The molecule has 0 fully saturated rings. The zero-order valence-electron chi connectivity index (χ0n) is 9.64. The zero-order valence-corrected chi connectivity index (χ0v) is 10.4. The Hall–Kier alpha value is -1.68. The van der Waals surface area contributed by atoms with Gasteiger partial charge in [0.05, 0.1) is 7.11 Å². The maximum absolute atomic E-state index is 5.94. The monoisotopic (exact) mass is 249 g/mol. The molecule has 0 spiro atoms. The van der Waals surface area contributed by atoms with E-state index in [1.807, 2.05) is 19.1 Å². The lowest BCUT2D eigenvalue weighted by Gasteiger charge is -2.04. The highest BCUT2D eigenvalue weighted by atomic mass is 35.5. The van der Waals surface area contributed by atoms with E-state index in [-0.39, 0.29) is 0 Å². The maximum atomic E-state index is 5.94. The van der Waals surface area contributed by atoms with Crippen LogP contribution in [-0.2, 0) is 6.42 Å². The molecule has 0 unspecified atom stereocenters. The molecule has 2 aromatic rings. The molecule has 0 amide bonds. The Kier molecular flexibility index (Phi) is 3.54. The topological polar surface area (TPSA) is 47.9 Å². The number of rotatable bonds is 3. The smallest absolute Gasteiger partial charge is 0.213 e. The third kappa shape index (κ3) is 2.71. The normalized spacial score (nSPS) is 10.3. The van der Waals surface area contributed by atoms with Crippen molar-refractivity contribution < 1.29 is 4.74 Å². The molecule has 0 aliphatic heterocycles. The summed E-state index contributed by atoms with van der Waals surface area (Å²) in [7, 11) is 1.57. The van der Waals surface area contributed by atoms with Crippen molar-refractivity contribution in [2.45, 2.75) is 13.3 Å². The molecule has 0 radical (unpaired) electrons. The third-order valence-electron chi connectivity index (χ3n) is 2.27. The van der Waals surface area contributed by atoms with Gasteiger partial charge in [-0.25, -0.2) is 15.0 Å². The summed E-state index contributed by atoms with van der Waals surface area (Å²) in [6.45, 7) is 2.02. The molecule has 0 atom stereocenters. The Labute approximate surface area is 105 Å². The summed E-state index contributed by atoms with van der Waals surface area (Å²) in [4.78, 5) is 12.8. The first-order valence-electron chi connectivity index (χ1n) is 5.28. The van der Waals surface area contributed by atoms with Gasteiger partial charge in [-0.1, -0.05) is 24.6 Å². The molecule has 17 heavy (non-hydrogen) atoms. The van der Waals surface area contributed by atoms with Crippen molar-refractivity contribution in [1.29, 1.82) is 0 Å². The SMILES string of the molecule is CCc1cc(Cl)nc(-c2cccc(OC)n2)n1. The fourth-order valence-corrected chi connectivity index (χ4v) is 1.62. The van der Waals surface area contributed by atoms with Crippen LogP contribution in [-0.4, -0.2) is 22.1 Å². The Morgan fingerprint density at radius 3 is 2.76 bits per heavy atom. The second-order valence-corrected chi connectivity index (χ2v) is 3.81. The van der Waals surface area contributed by atoms with Crippen LogP contribution in [0, 0.1) is 0 Å². The minimum atomic E-state index is 0.427. The summed E-state index contributed by atoms with van der Waals surface area (Å²) in [6, 6.07) is 7.20. The van der Waals surface area contributed by atoms with Crippen LogP contribution < -0.4 is 4.74 Å². The second kappa shape index (κ2) is 5.10. The standard InChI is InChI=1S/C12H12ClN3O/c1-3-8-7-10(13)16-12(14-8)9-5-4-6-11(15-9)17-2/h4-7H,3H2,1-2H3. The molecule has 0 N–H and O–H groups in total. The van der Waals surface area contributed by atoms with Crippen molar-refractivity contribution in [2.24, 2.45) is 0 Å². The largest absolute Gasteiger partial charge is 0.481 e. The van der Waals surface area contributed by atoms with Gasteiger partial charge in [0.2, 0.25) is 5.88 Å². The average molecular weight is 250 g/mol. The first kappa shape index (κ1) is 11.8. The van der Waals surface area contributed by atoms with Gasteiger partial charge in [-0.05, 0) is 18.6 Å². The van der Waals surface area contributed by atoms with Crippen LogP contribution >= 0.6 is 11.6 Å². The highest BCUT2D eigenvalue weighted by Gasteiger charge is 2.07. The molecule has 0 saturated carbocycles. The molecule has 2 rings (SSSR count). The minimum Gasteiger partial charge on any atom is -0.481 e. The number of methoxy groups -OCH3 is 1. The van der Waals surface area contributed by atoms with Gasteiger partial charge in [-0.15, -0.1) is 0 Å². The van der Waals surface area contributed by atoms with E-state index in [2.05, 4.69) is 15.0 Å². The number of aryl methyl sites for hydroxylation is 1. The first-order chi connectivity index (χ1) is 8.22. The number of nitrogens with zero attached hydrogens (tertiary/aromatic N) is 3. The quantitative estimate of drug-likeness (QED) is 0.785. The van der Waals surface area contributed by atoms with E-state index in [0.29, 0.717) is 22.6 Å². The predicted molar refractivity (Wildman–Crippen MR) is 66.2 cm³/mol. The van der Waals surface area contributed by atoms with Crippen molar-refractivity contribution in [1.82, 2.24) is 15.0 Å². The molecule has 0 bridgehead atoms. The Balaban J connectivity index is 2.47. The van der Waals surface area contributed by atoms with E-state index in [1.165, 1.54) is 0 Å². The molecule has 0 aliphatic rings. The zero-order chi connectivity index (χ0) is 12.3. The van der Waals surface area contributed by atoms with Gasteiger partial charge in [0, 0.05) is 11.8 Å². The molecule has 2 heterocycles. The Morgan fingerprint density at radius 2 is 2.06 bits per heavy atom. The number of hydrogen-bond acceptors (Lipinski definition) is 4. The molecular formula is C12H12ClN3O. The van der Waals surface area contributed by atoms with Gasteiger partial charge in [0.25, 0.3) is 0 Å². The van der Waals surface area contributed by atoms with E-state index in [0.717, 1.165) is 12.1 Å².